The van der Waals surface area contributed by atoms with Crippen molar-refractivity contribution in [1.29, 1.82) is 0 Å². The second kappa shape index (κ2) is 47.9. The van der Waals surface area contributed by atoms with E-state index in [1.54, 1.807) is 6.08 Å². The standard InChI is InChI=1S/C66H113NO18/c1-3-5-7-9-11-13-15-17-19-20-21-22-23-24-25-26-27-28-30-32-34-36-38-40-42-44-54(72)67-49(50(71)43-41-39-37-35-33-31-29-18-16-14-12-10-8-6-4-2)48-80-64-60(78)57(75)62(52(46-69)82-64)85-66-61(79)58(76)63(53(47-70)83-66)84-65-59(77)56(74)55(73)51(45-68)81-65/h5,7,11,13,16-19,21-22,33,35,41,43,49-53,55-66,68-71,73-79H,3-4,6,8-10,12,14-15,20,23-32,34,36-40,42,44-48H2,1-2H3,(H,67,72)/b7-5-,13-11-,18-16+,19-17-,22-21-,35-33+,43-41+. The van der Waals surface area contributed by atoms with Crippen LogP contribution in [0.5, 0.6) is 0 Å². The molecule has 0 radical (unpaired) electrons. The Labute approximate surface area is 508 Å². The first-order valence-corrected chi connectivity index (χ1v) is 32.3. The van der Waals surface area contributed by atoms with Crippen LogP contribution >= 0.6 is 0 Å². The molecular formula is C66H113NO18. The molecule has 490 valence electrons. The zero-order valence-electron chi connectivity index (χ0n) is 51.3. The molecule has 0 aliphatic carbocycles. The van der Waals surface area contributed by atoms with E-state index in [9.17, 15) is 61.0 Å². The van der Waals surface area contributed by atoms with Gasteiger partial charge in [0.15, 0.2) is 18.9 Å². The number of aliphatic hydroxyl groups excluding tert-OH is 11. The second-order valence-electron chi connectivity index (χ2n) is 22.8. The molecule has 1 amide bonds. The number of carbonyl (C=O) groups excluding carboxylic acids is 1. The maximum absolute atomic E-state index is 13.4. The Morgan fingerprint density at radius 1 is 0.435 bits per heavy atom. The zero-order valence-corrected chi connectivity index (χ0v) is 51.3. The van der Waals surface area contributed by atoms with Crippen molar-refractivity contribution >= 4 is 5.91 Å². The summed E-state index contributed by atoms with van der Waals surface area (Å²) in [5, 5.41) is 120. The van der Waals surface area contributed by atoms with Crippen molar-refractivity contribution < 1.29 is 89.4 Å². The summed E-state index contributed by atoms with van der Waals surface area (Å²) < 4.78 is 34.3. The summed E-state index contributed by atoms with van der Waals surface area (Å²) in [5.74, 6) is -0.296. The van der Waals surface area contributed by atoms with Crippen LogP contribution in [0.15, 0.2) is 85.1 Å². The average Bonchev–Trinajstić information content (AvgIpc) is 3.63. The molecule has 0 bridgehead atoms. The largest absolute Gasteiger partial charge is 0.394 e. The van der Waals surface area contributed by atoms with Crippen molar-refractivity contribution in [3.63, 3.8) is 0 Å². The van der Waals surface area contributed by atoms with E-state index in [0.717, 1.165) is 83.5 Å². The van der Waals surface area contributed by atoms with E-state index in [1.807, 2.05) is 6.08 Å². The minimum absolute atomic E-state index is 0.225. The number of hydrogen-bond acceptors (Lipinski definition) is 18. The third-order valence-corrected chi connectivity index (χ3v) is 15.7. The highest BCUT2D eigenvalue weighted by Gasteiger charge is 2.53. The number of aliphatic hydroxyl groups is 11. The fourth-order valence-corrected chi connectivity index (χ4v) is 10.4. The van der Waals surface area contributed by atoms with Crippen LogP contribution in [0.3, 0.4) is 0 Å². The lowest BCUT2D eigenvalue weighted by Crippen LogP contribution is -2.66. The van der Waals surface area contributed by atoms with Gasteiger partial charge in [0.1, 0.15) is 73.2 Å². The molecule has 0 aromatic heterocycles. The van der Waals surface area contributed by atoms with Gasteiger partial charge in [0.25, 0.3) is 0 Å². The van der Waals surface area contributed by atoms with Gasteiger partial charge in [-0.15, -0.1) is 0 Å². The van der Waals surface area contributed by atoms with E-state index in [2.05, 4.69) is 92.1 Å². The first-order chi connectivity index (χ1) is 41.3. The van der Waals surface area contributed by atoms with E-state index in [1.165, 1.54) is 77.0 Å². The number of amides is 1. The van der Waals surface area contributed by atoms with Crippen molar-refractivity contribution in [2.24, 2.45) is 0 Å². The van der Waals surface area contributed by atoms with Gasteiger partial charge in [0, 0.05) is 6.42 Å². The fourth-order valence-electron chi connectivity index (χ4n) is 10.4. The topological polar surface area (TPSA) is 307 Å². The fraction of sp³-hybridized carbons (Fsp3) is 0.773. The minimum atomic E-state index is -1.99. The van der Waals surface area contributed by atoms with Crippen molar-refractivity contribution in [3.8, 4) is 0 Å². The predicted octanol–water partition coefficient (Wildman–Crippen LogP) is 7.15. The number of carbonyl (C=O) groups is 1. The van der Waals surface area contributed by atoms with Crippen LogP contribution in [0, 0.1) is 0 Å². The summed E-state index contributed by atoms with van der Waals surface area (Å²) in [6.45, 7) is 1.55. The molecule has 85 heavy (non-hydrogen) atoms. The zero-order chi connectivity index (χ0) is 61.9. The molecule has 3 saturated heterocycles. The lowest BCUT2D eigenvalue weighted by molar-refractivity contribution is -0.379. The van der Waals surface area contributed by atoms with Gasteiger partial charge in [-0.3, -0.25) is 4.79 Å². The normalized spacial score (nSPS) is 29.5. The lowest BCUT2D eigenvalue weighted by atomic mass is 9.96. The summed E-state index contributed by atoms with van der Waals surface area (Å²) in [5.41, 5.74) is 0. The van der Waals surface area contributed by atoms with E-state index in [4.69, 9.17) is 28.4 Å². The van der Waals surface area contributed by atoms with Gasteiger partial charge in [-0.2, -0.15) is 0 Å². The average molecular weight is 1210 g/mol. The van der Waals surface area contributed by atoms with Gasteiger partial charge < -0.3 is 89.9 Å². The molecule has 17 atom stereocenters. The Bertz CT molecular complexity index is 1880. The van der Waals surface area contributed by atoms with Gasteiger partial charge in [-0.1, -0.05) is 189 Å². The van der Waals surface area contributed by atoms with Crippen LogP contribution < -0.4 is 5.32 Å². The summed E-state index contributed by atoms with van der Waals surface area (Å²) in [7, 11) is 0. The van der Waals surface area contributed by atoms with Gasteiger partial charge in [-0.05, 0) is 83.5 Å². The summed E-state index contributed by atoms with van der Waals surface area (Å²) in [6.07, 6.45) is 32.7. The molecule has 19 heteroatoms. The van der Waals surface area contributed by atoms with Crippen LogP contribution in [0.4, 0.5) is 0 Å². The van der Waals surface area contributed by atoms with Crippen molar-refractivity contribution in [1.82, 2.24) is 5.32 Å². The quantitative estimate of drug-likeness (QED) is 0.0213. The van der Waals surface area contributed by atoms with E-state index in [0.29, 0.717) is 12.8 Å². The van der Waals surface area contributed by atoms with Crippen LogP contribution in [0.25, 0.3) is 0 Å². The predicted molar refractivity (Wildman–Crippen MR) is 328 cm³/mol. The molecule has 0 saturated carbocycles. The third kappa shape index (κ3) is 30.8. The molecule has 0 aromatic rings. The highest BCUT2D eigenvalue weighted by Crippen LogP contribution is 2.33. The SMILES string of the molecule is CC/C=C\C/C=C\C/C=C\C/C=C\CCCCCCCCCCCCCCC(=O)NC(COC1OC(CO)C(OC2OC(CO)C(OC3OC(CO)C(O)C(O)C3O)C(O)C2O)C(O)C1O)C(O)/C=C/CC/C=C/CC/C=C/CCCCCCC. The number of unbranched alkanes of at least 4 members (excludes halogenated alkanes) is 19. The van der Waals surface area contributed by atoms with Crippen molar-refractivity contribution in [2.45, 2.75) is 298 Å². The Hall–Kier alpha value is -3.03. The van der Waals surface area contributed by atoms with Crippen molar-refractivity contribution in [3.05, 3.63) is 85.1 Å². The Morgan fingerprint density at radius 2 is 0.824 bits per heavy atom. The Balaban J connectivity index is 1.46. The summed E-state index contributed by atoms with van der Waals surface area (Å²) >= 11 is 0. The lowest BCUT2D eigenvalue weighted by Gasteiger charge is -2.48. The molecule has 12 N–H and O–H groups in total. The smallest absolute Gasteiger partial charge is 0.220 e. The third-order valence-electron chi connectivity index (χ3n) is 15.7. The molecule has 3 aliphatic rings. The molecule has 19 nitrogen and oxygen atoms in total. The van der Waals surface area contributed by atoms with Crippen molar-refractivity contribution in [2.75, 3.05) is 26.4 Å². The molecule has 0 aromatic carbocycles. The van der Waals surface area contributed by atoms with Crippen LogP contribution in [-0.2, 0) is 33.2 Å². The van der Waals surface area contributed by atoms with E-state index < -0.39 is 124 Å². The number of nitrogens with one attached hydrogen (secondary N) is 1. The Kier molecular flexibility index (Phi) is 43.0. The molecular weight excluding hydrogens is 1090 g/mol. The van der Waals surface area contributed by atoms with Gasteiger partial charge >= 0.3 is 0 Å². The molecule has 3 aliphatic heterocycles. The highest BCUT2D eigenvalue weighted by atomic mass is 16.8. The highest BCUT2D eigenvalue weighted by molar-refractivity contribution is 5.76. The number of allylic oxidation sites excluding steroid dienone is 13. The molecule has 17 unspecified atom stereocenters. The number of hydrogen-bond donors (Lipinski definition) is 12. The summed E-state index contributed by atoms with van der Waals surface area (Å²) in [4.78, 5) is 13.4. The first kappa shape index (κ1) is 76.2. The van der Waals surface area contributed by atoms with E-state index >= 15 is 0 Å². The minimum Gasteiger partial charge on any atom is -0.394 e. The van der Waals surface area contributed by atoms with Gasteiger partial charge in [-0.25, -0.2) is 0 Å². The summed E-state index contributed by atoms with van der Waals surface area (Å²) in [6, 6.07) is -1.00. The van der Waals surface area contributed by atoms with Crippen LogP contribution in [-0.4, -0.2) is 193 Å². The number of rotatable bonds is 47. The maximum atomic E-state index is 13.4. The van der Waals surface area contributed by atoms with Crippen LogP contribution in [0.1, 0.15) is 194 Å². The number of ether oxygens (including phenoxy) is 6. The monoisotopic (exact) mass is 1210 g/mol. The van der Waals surface area contributed by atoms with Gasteiger partial charge in [0.2, 0.25) is 5.91 Å². The second-order valence-corrected chi connectivity index (χ2v) is 22.8. The molecule has 3 rings (SSSR count). The molecule has 3 fully saturated rings. The first-order valence-electron chi connectivity index (χ1n) is 32.3. The van der Waals surface area contributed by atoms with Crippen LogP contribution in [0.2, 0.25) is 0 Å². The van der Waals surface area contributed by atoms with E-state index in [-0.39, 0.29) is 18.9 Å². The molecule has 0 spiro atoms. The Morgan fingerprint density at radius 3 is 1.32 bits per heavy atom. The maximum Gasteiger partial charge on any atom is 0.220 e. The van der Waals surface area contributed by atoms with Gasteiger partial charge in [0.05, 0.1) is 38.6 Å². The molecule has 3 heterocycles.